The molecule has 24 heavy (non-hydrogen) atoms. The molecule has 1 heterocycles. The Labute approximate surface area is 140 Å². The SMILES string of the molecule is CCOC(=O)C1=c2cccc(OC)c2=C2C(OC)=C(C)C=CC2O1. The van der Waals surface area contributed by atoms with Gasteiger partial charge in [0.15, 0.2) is 0 Å². The molecule has 1 aromatic rings. The van der Waals surface area contributed by atoms with Crippen molar-refractivity contribution < 1.29 is 23.7 Å². The van der Waals surface area contributed by atoms with Crippen LogP contribution >= 0.6 is 0 Å². The Balaban J connectivity index is 2.44. The summed E-state index contributed by atoms with van der Waals surface area (Å²) in [4.78, 5) is 12.3. The first-order chi connectivity index (χ1) is 11.6. The fraction of sp³-hybridized carbons (Fsp3) is 0.316. The first-order valence-corrected chi connectivity index (χ1v) is 7.81. The molecule has 1 aliphatic carbocycles. The van der Waals surface area contributed by atoms with Crippen molar-refractivity contribution in [3.8, 4) is 5.75 Å². The Kier molecular flexibility index (Phi) is 4.34. The second kappa shape index (κ2) is 6.43. The van der Waals surface area contributed by atoms with Crippen molar-refractivity contribution in [2.45, 2.75) is 20.0 Å². The number of esters is 1. The molecule has 1 unspecified atom stereocenters. The van der Waals surface area contributed by atoms with E-state index in [0.29, 0.717) is 11.0 Å². The standard InChI is InChI=1S/C19H20O5/c1-5-23-19(20)18-12-7-6-8-13(21-3)15(12)16-14(24-18)10-9-11(2)17(16)22-4/h6-10,14H,5H2,1-4H3. The molecule has 3 rings (SSSR count). The van der Waals surface area contributed by atoms with Crippen LogP contribution < -0.4 is 15.2 Å². The molecule has 5 heteroatoms. The molecule has 0 saturated heterocycles. The number of ether oxygens (including phenoxy) is 4. The van der Waals surface area contributed by atoms with Crippen molar-refractivity contribution in [3.63, 3.8) is 0 Å². The predicted molar refractivity (Wildman–Crippen MR) is 89.4 cm³/mol. The molecule has 0 amide bonds. The van der Waals surface area contributed by atoms with E-state index in [1.807, 2.05) is 37.3 Å². The Morgan fingerprint density at radius 2 is 2.04 bits per heavy atom. The van der Waals surface area contributed by atoms with Crippen LogP contribution in [0.2, 0.25) is 0 Å². The van der Waals surface area contributed by atoms with E-state index >= 15 is 0 Å². The molecule has 2 aliphatic rings. The van der Waals surface area contributed by atoms with Gasteiger partial charge in [-0.3, -0.25) is 0 Å². The summed E-state index contributed by atoms with van der Waals surface area (Å²) in [5.74, 6) is 1.11. The lowest BCUT2D eigenvalue weighted by Crippen LogP contribution is -2.42. The summed E-state index contributed by atoms with van der Waals surface area (Å²) in [5, 5.41) is 1.46. The zero-order valence-electron chi connectivity index (χ0n) is 14.2. The van der Waals surface area contributed by atoms with Crippen molar-refractivity contribution in [1.82, 2.24) is 0 Å². The first kappa shape index (κ1) is 16.2. The Bertz CT molecular complexity index is 860. The summed E-state index contributed by atoms with van der Waals surface area (Å²) < 4.78 is 22.2. The molecule has 0 bridgehead atoms. The molecule has 126 valence electrons. The molecule has 1 aromatic carbocycles. The number of fused-ring (bicyclic) bond motifs is 2. The van der Waals surface area contributed by atoms with Gasteiger partial charge in [0.05, 0.1) is 26.4 Å². The van der Waals surface area contributed by atoms with Crippen LogP contribution in [0.15, 0.2) is 41.7 Å². The number of methoxy groups -OCH3 is 2. The largest absolute Gasteiger partial charge is 0.496 e. The minimum atomic E-state index is -0.482. The third-order valence-electron chi connectivity index (χ3n) is 4.08. The lowest BCUT2D eigenvalue weighted by molar-refractivity contribution is -0.138. The fourth-order valence-corrected chi connectivity index (χ4v) is 3.08. The van der Waals surface area contributed by atoms with Gasteiger partial charge in [0.2, 0.25) is 5.76 Å². The van der Waals surface area contributed by atoms with Crippen LogP contribution in [0.3, 0.4) is 0 Å². The molecular formula is C19H20O5. The van der Waals surface area contributed by atoms with Crippen LogP contribution in [-0.2, 0) is 19.0 Å². The summed E-state index contributed by atoms with van der Waals surface area (Å²) in [6.45, 7) is 4.02. The lowest BCUT2D eigenvalue weighted by Gasteiger charge is -2.29. The number of rotatable bonds is 4. The highest BCUT2D eigenvalue weighted by Gasteiger charge is 2.32. The first-order valence-electron chi connectivity index (χ1n) is 7.81. The number of benzene rings is 1. The van der Waals surface area contributed by atoms with Crippen LogP contribution in [0.5, 0.6) is 5.75 Å². The average Bonchev–Trinajstić information content (AvgIpc) is 2.60. The van der Waals surface area contributed by atoms with Crippen molar-refractivity contribution in [2.75, 3.05) is 20.8 Å². The molecule has 1 aliphatic heterocycles. The predicted octanol–water partition coefficient (Wildman–Crippen LogP) is 1.41. The number of hydrogen-bond donors (Lipinski definition) is 0. The Hall–Kier alpha value is -2.69. The van der Waals surface area contributed by atoms with Gasteiger partial charge in [-0.05, 0) is 31.6 Å². The second-order valence-electron chi connectivity index (χ2n) is 5.46. The van der Waals surface area contributed by atoms with Gasteiger partial charge in [0.1, 0.15) is 17.6 Å². The van der Waals surface area contributed by atoms with Gasteiger partial charge in [-0.1, -0.05) is 18.2 Å². The van der Waals surface area contributed by atoms with Crippen molar-refractivity contribution in [2.24, 2.45) is 0 Å². The van der Waals surface area contributed by atoms with Crippen molar-refractivity contribution in [1.29, 1.82) is 0 Å². The topological polar surface area (TPSA) is 54.0 Å². The van der Waals surface area contributed by atoms with Crippen LogP contribution in [0, 0.1) is 0 Å². The van der Waals surface area contributed by atoms with Crippen molar-refractivity contribution >= 4 is 17.3 Å². The molecule has 5 nitrogen and oxygen atoms in total. The van der Waals surface area contributed by atoms with Crippen LogP contribution in [0.1, 0.15) is 13.8 Å². The zero-order chi connectivity index (χ0) is 17.3. The fourth-order valence-electron chi connectivity index (χ4n) is 3.08. The summed E-state index contributed by atoms with van der Waals surface area (Å²) in [6, 6.07) is 5.51. The third-order valence-corrected chi connectivity index (χ3v) is 4.08. The normalized spacial score (nSPS) is 18.6. The van der Waals surface area contributed by atoms with E-state index < -0.39 is 12.1 Å². The maximum Gasteiger partial charge on any atom is 0.374 e. The number of hydrogen-bond acceptors (Lipinski definition) is 5. The molecule has 1 atom stereocenters. The van der Waals surface area contributed by atoms with E-state index in [-0.39, 0.29) is 12.4 Å². The minimum Gasteiger partial charge on any atom is -0.496 e. The number of allylic oxidation sites excluding steroid dienone is 2. The highest BCUT2D eigenvalue weighted by Crippen LogP contribution is 2.31. The zero-order valence-corrected chi connectivity index (χ0v) is 14.2. The number of carbonyl (C=O) groups is 1. The molecule has 0 radical (unpaired) electrons. The lowest BCUT2D eigenvalue weighted by atomic mass is 9.92. The average molecular weight is 328 g/mol. The molecule has 0 spiro atoms. The van der Waals surface area contributed by atoms with E-state index in [1.54, 1.807) is 21.1 Å². The molecule has 0 N–H and O–H groups in total. The molecule has 0 aromatic heterocycles. The van der Waals surface area contributed by atoms with Gasteiger partial charge in [-0.15, -0.1) is 0 Å². The molecular weight excluding hydrogens is 308 g/mol. The summed E-state index contributed by atoms with van der Waals surface area (Å²) in [7, 11) is 3.23. The Morgan fingerprint density at radius 1 is 1.25 bits per heavy atom. The van der Waals surface area contributed by atoms with E-state index in [2.05, 4.69) is 0 Å². The van der Waals surface area contributed by atoms with Gasteiger partial charge >= 0.3 is 5.97 Å². The molecule has 0 fully saturated rings. The maximum atomic E-state index is 12.3. The third kappa shape index (κ3) is 2.46. The minimum absolute atomic E-state index is 0.194. The second-order valence-corrected chi connectivity index (χ2v) is 5.46. The highest BCUT2D eigenvalue weighted by molar-refractivity contribution is 6.07. The maximum absolute atomic E-state index is 12.3. The van der Waals surface area contributed by atoms with Gasteiger partial charge in [-0.2, -0.15) is 0 Å². The van der Waals surface area contributed by atoms with Gasteiger partial charge in [0, 0.05) is 10.4 Å². The van der Waals surface area contributed by atoms with Crippen LogP contribution in [0.25, 0.3) is 11.3 Å². The monoisotopic (exact) mass is 328 g/mol. The smallest absolute Gasteiger partial charge is 0.374 e. The van der Waals surface area contributed by atoms with E-state index in [9.17, 15) is 4.79 Å². The van der Waals surface area contributed by atoms with Gasteiger partial charge in [0.25, 0.3) is 0 Å². The van der Waals surface area contributed by atoms with Gasteiger partial charge in [-0.25, -0.2) is 4.79 Å². The van der Waals surface area contributed by atoms with Crippen molar-refractivity contribution in [3.05, 3.63) is 52.1 Å². The quantitative estimate of drug-likeness (QED) is 0.782. The number of carbonyl (C=O) groups excluding carboxylic acids is 1. The highest BCUT2D eigenvalue weighted by atomic mass is 16.6. The summed E-state index contributed by atoms with van der Waals surface area (Å²) >= 11 is 0. The Morgan fingerprint density at radius 3 is 2.71 bits per heavy atom. The van der Waals surface area contributed by atoms with Crippen LogP contribution in [-0.4, -0.2) is 32.9 Å². The summed E-state index contributed by atoms with van der Waals surface area (Å²) in [6.07, 6.45) is 3.41. The van der Waals surface area contributed by atoms with E-state index in [4.69, 9.17) is 18.9 Å². The van der Waals surface area contributed by atoms with E-state index in [1.165, 1.54) is 0 Å². The van der Waals surface area contributed by atoms with E-state index in [0.717, 1.165) is 22.1 Å². The van der Waals surface area contributed by atoms with Crippen LogP contribution in [0.4, 0.5) is 0 Å². The molecule has 0 saturated carbocycles. The summed E-state index contributed by atoms with van der Waals surface area (Å²) in [5.41, 5.74) is 1.85. The van der Waals surface area contributed by atoms with Gasteiger partial charge < -0.3 is 18.9 Å².